The van der Waals surface area contributed by atoms with E-state index in [1.807, 2.05) is 6.07 Å². The normalized spacial score (nSPS) is 14.8. The molecule has 1 aliphatic rings. The van der Waals surface area contributed by atoms with Crippen molar-refractivity contribution in [2.45, 2.75) is 19.3 Å². The van der Waals surface area contributed by atoms with E-state index in [1.165, 1.54) is 0 Å². The highest BCUT2D eigenvalue weighted by Crippen LogP contribution is 2.29. The molecule has 1 aromatic carbocycles. The molecule has 0 N–H and O–H groups in total. The van der Waals surface area contributed by atoms with Gasteiger partial charge in [-0.15, -0.1) is 0 Å². The van der Waals surface area contributed by atoms with Gasteiger partial charge in [0.25, 0.3) is 0 Å². The Labute approximate surface area is 77.0 Å². The van der Waals surface area contributed by atoms with E-state index in [0.717, 1.165) is 24.0 Å². The van der Waals surface area contributed by atoms with E-state index < -0.39 is 0 Å². The minimum absolute atomic E-state index is 0.187. The molecule has 0 heterocycles. The van der Waals surface area contributed by atoms with E-state index in [1.54, 1.807) is 12.1 Å². The second kappa shape index (κ2) is 3.02. The highest BCUT2D eigenvalue weighted by molar-refractivity contribution is 5.99. The van der Waals surface area contributed by atoms with Crippen LogP contribution in [-0.4, -0.2) is 5.78 Å². The molecule has 0 aliphatic heterocycles. The van der Waals surface area contributed by atoms with Gasteiger partial charge in [-0.05, 0) is 18.4 Å². The molecule has 64 valence electrons. The fourth-order valence-corrected chi connectivity index (χ4v) is 1.76. The summed E-state index contributed by atoms with van der Waals surface area (Å²) in [7, 11) is 0. The monoisotopic (exact) mass is 171 g/mol. The van der Waals surface area contributed by atoms with Crippen molar-refractivity contribution in [3.05, 3.63) is 40.7 Å². The lowest BCUT2D eigenvalue weighted by molar-refractivity contribution is 0.0972. The van der Waals surface area contributed by atoms with Gasteiger partial charge in [0.1, 0.15) is 0 Å². The quantitative estimate of drug-likeness (QED) is 0.550. The zero-order valence-electron chi connectivity index (χ0n) is 7.21. The van der Waals surface area contributed by atoms with E-state index in [0.29, 0.717) is 12.1 Å². The van der Waals surface area contributed by atoms with Crippen LogP contribution in [0.1, 0.15) is 28.8 Å². The SMILES string of the molecule is [C-]#[N+]c1cccc2c1CCCC2=O. The van der Waals surface area contributed by atoms with Gasteiger partial charge in [-0.25, -0.2) is 4.85 Å². The lowest BCUT2D eigenvalue weighted by Gasteiger charge is -2.15. The highest BCUT2D eigenvalue weighted by Gasteiger charge is 2.18. The van der Waals surface area contributed by atoms with Crippen molar-refractivity contribution < 1.29 is 4.79 Å². The lowest BCUT2D eigenvalue weighted by atomic mass is 9.89. The van der Waals surface area contributed by atoms with Gasteiger partial charge in [0.2, 0.25) is 0 Å². The Morgan fingerprint density at radius 1 is 1.31 bits per heavy atom. The van der Waals surface area contributed by atoms with Crippen LogP contribution in [0.4, 0.5) is 5.69 Å². The van der Waals surface area contributed by atoms with Crippen LogP contribution < -0.4 is 0 Å². The third-order valence-electron chi connectivity index (χ3n) is 2.40. The number of rotatable bonds is 0. The number of carbonyl (C=O) groups is 1. The van der Waals surface area contributed by atoms with Crippen molar-refractivity contribution in [2.24, 2.45) is 0 Å². The molecule has 2 nitrogen and oxygen atoms in total. The molecular weight excluding hydrogens is 162 g/mol. The summed E-state index contributed by atoms with van der Waals surface area (Å²) in [6.45, 7) is 6.96. The summed E-state index contributed by atoms with van der Waals surface area (Å²) < 4.78 is 0. The van der Waals surface area contributed by atoms with Crippen LogP contribution in [0.3, 0.4) is 0 Å². The van der Waals surface area contributed by atoms with Crippen LogP contribution in [0.5, 0.6) is 0 Å². The van der Waals surface area contributed by atoms with Crippen molar-refractivity contribution in [1.29, 1.82) is 0 Å². The molecule has 2 heteroatoms. The van der Waals surface area contributed by atoms with E-state index in [2.05, 4.69) is 4.85 Å². The molecule has 2 rings (SSSR count). The molecule has 0 spiro atoms. The standard InChI is InChI=1S/C11H9NO/c1-12-10-6-2-5-9-8(10)4-3-7-11(9)13/h2,5-6H,3-4,7H2. The van der Waals surface area contributed by atoms with Gasteiger partial charge < -0.3 is 0 Å². The Kier molecular flexibility index (Phi) is 1.86. The molecule has 0 fully saturated rings. The summed E-state index contributed by atoms with van der Waals surface area (Å²) >= 11 is 0. The first-order valence-corrected chi connectivity index (χ1v) is 4.35. The molecule has 0 unspecified atom stereocenters. The first-order chi connectivity index (χ1) is 6.33. The van der Waals surface area contributed by atoms with Crippen LogP contribution in [0.25, 0.3) is 4.85 Å². The van der Waals surface area contributed by atoms with Gasteiger partial charge in [0.05, 0.1) is 6.57 Å². The molecule has 0 aromatic heterocycles. The molecule has 0 saturated carbocycles. The maximum Gasteiger partial charge on any atom is 0.191 e. The van der Waals surface area contributed by atoms with Gasteiger partial charge in [0.15, 0.2) is 11.5 Å². The minimum Gasteiger partial charge on any atom is -0.294 e. The number of Topliss-reactive ketones (excluding diaryl/α,β-unsaturated/α-hetero) is 1. The number of hydrogen-bond acceptors (Lipinski definition) is 1. The Morgan fingerprint density at radius 3 is 2.92 bits per heavy atom. The largest absolute Gasteiger partial charge is 0.294 e. The summed E-state index contributed by atoms with van der Waals surface area (Å²) in [6, 6.07) is 5.39. The van der Waals surface area contributed by atoms with Crippen molar-refractivity contribution in [2.75, 3.05) is 0 Å². The van der Waals surface area contributed by atoms with E-state index in [9.17, 15) is 4.79 Å². The van der Waals surface area contributed by atoms with E-state index >= 15 is 0 Å². The molecular formula is C11H9NO. The van der Waals surface area contributed by atoms with Gasteiger partial charge in [-0.3, -0.25) is 4.79 Å². The Bertz CT molecular complexity index is 401. The molecule has 0 bridgehead atoms. The van der Waals surface area contributed by atoms with Crippen LogP contribution in [0.2, 0.25) is 0 Å². The van der Waals surface area contributed by atoms with Gasteiger partial charge >= 0.3 is 0 Å². The molecule has 1 aliphatic carbocycles. The second-order valence-electron chi connectivity index (χ2n) is 3.19. The predicted octanol–water partition coefficient (Wildman–Crippen LogP) is 2.76. The minimum atomic E-state index is 0.187. The average molecular weight is 171 g/mol. The van der Waals surface area contributed by atoms with Crippen molar-refractivity contribution in [3.8, 4) is 0 Å². The van der Waals surface area contributed by atoms with Crippen molar-refractivity contribution >= 4 is 11.5 Å². The fraction of sp³-hybridized carbons (Fsp3) is 0.273. The summed E-state index contributed by atoms with van der Waals surface area (Å²) in [5.74, 6) is 0.187. The smallest absolute Gasteiger partial charge is 0.191 e. The van der Waals surface area contributed by atoms with Crippen LogP contribution in [-0.2, 0) is 6.42 Å². The number of carbonyl (C=O) groups excluding carboxylic acids is 1. The van der Waals surface area contributed by atoms with Crippen LogP contribution in [0.15, 0.2) is 18.2 Å². The third-order valence-corrected chi connectivity index (χ3v) is 2.40. The first kappa shape index (κ1) is 8.00. The molecule has 0 saturated heterocycles. The maximum atomic E-state index is 11.5. The van der Waals surface area contributed by atoms with Crippen molar-refractivity contribution in [1.82, 2.24) is 0 Å². The molecule has 13 heavy (non-hydrogen) atoms. The number of fused-ring (bicyclic) bond motifs is 1. The topological polar surface area (TPSA) is 21.4 Å². The number of benzene rings is 1. The zero-order chi connectivity index (χ0) is 9.26. The predicted molar refractivity (Wildman–Crippen MR) is 50.0 cm³/mol. The second-order valence-corrected chi connectivity index (χ2v) is 3.19. The van der Waals surface area contributed by atoms with Crippen molar-refractivity contribution in [3.63, 3.8) is 0 Å². The molecule has 0 amide bonds. The summed E-state index contributed by atoms with van der Waals surface area (Å²) in [4.78, 5) is 14.9. The Morgan fingerprint density at radius 2 is 2.15 bits per heavy atom. The summed E-state index contributed by atoms with van der Waals surface area (Å²) in [5.41, 5.74) is 2.36. The van der Waals surface area contributed by atoms with E-state index in [4.69, 9.17) is 6.57 Å². The fourth-order valence-electron chi connectivity index (χ4n) is 1.76. The third kappa shape index (κ3) is 1.23. The number of hydrogen-bond donors (Lipinski definition) is 0. The van der Waals surface area contributed by atoms with E-state index in [-0.39, 0.29) is 5.78 Å². The Hall–Kier alpha value is -1.62. The molecule has 0 radical (unpaired) electrons. The van der Waals surface area contributed by atoms with Gasteiger partial charge in [-0.2, -0.15) is 0 Å². The highest BCUT2D eigenvalue weighted by atomic mass is 16.1. The first-order valence-electron chi connectivity index (χ1n) is 4.35. The van der Waals surface area contributed by atoms with Gasteiger partial charge in [0, 0.05) is 12.0 Å². The average Bonchev–Trinajstić information content (AvgIpc) is 2.18. The number of nitrogens with zero attached hydrogens (tertiary/aromatic N) is 1. The summed E-state index contributed by atoms with van der Waals surface area (Å²) in [5, 5.41) is 0. The zero-order valence-corrected chi connectivity index (χ0v) is 7.21. The maximum absolute atomic E-state index is 11.5. The van der Waals surface area contributed by atoms with Crippen LogP contribution in [0, 0.1) is 6.57 Å². The number of ketones is 1. The van der Waals surface area contributed by atoms with Gasteiger partial charge in [-0.1, -0.05) is 18.2 Å². The summed E-state index contributed by atoms with van der Waals surface area (Å²) in [6.07, 6.45) is 2.40. The van der Waals surface area contributed by atoms with Crippen LogP contribution >= 0.6 is 0 Å². The molecule has 1 aromatic rings. The molecule has 0 atom stereocenters. The lowest BCUT2D eigenvalue weighted by Crippen LogP contribution is -2.10. The Balaban J connectivity index is 2.63.